The van der Waals surface area contributed by atoms with Crippen LogP contribution in [0.2, 0.25) is 0 Å². The molecule has 0 fully saturated rings. The second-order valence-electron chi connectivity index (χ2n) is 2.29. The van der Waals surface area contributed by atoms with Crippen molar-refractivity contribution in [3.05, 3.63) is 27.7 Å². The van der Waals surface area contributed by atoms with Crippen LogP contribution >= 0.6 is 15.9 Å². The van der Waals surface area contributed by atoms with E-state index in [1.54, 1.807) is 0 Å². The maximum atomic E-state index is 13.0. The molecular formula is C7H6BrF3N2. The van der Waals surface area contributed by atoms with Crippen LogP contribution in [0, 0.1) is 5.82 Å². The molecule has 0 radical (unpaired) electrons. The predicted octanol–water partition coefficient (Wildman–Crippen LogP) is 2.38. The van der Waals surface area contributed by atoms with Crippen LogP contribution in [0.3, 0.4) is 0 Å². The average molecular weight is 255 g/mol. The van der Waals surface area contributed by atoms with Crippen molar-refractivity contribution in [1.82, 2.24) is 4.98 Å². The molecule has 1 rings (SSSR count). The Morgan fingerprint density at radius 1 is 1.54 bits per heavy atom. The summed E-state index contributed by atoms with van der Waals surface area (Å²) < 4.78 is 37.3. The smallest absolute Gasteiger partial charge is 0.280 e. The van der Waals surface area contributed by atoms with Crippen LogP contribution in [0.15, 0.2) is 10.5 Å². The van der Waals surface area contributed by atoms with Crippen molar-refractivity contribution < 1.29 is 13.2 Å². The van der Waals surface area contributed by atoms with E-state index in [1.165, 1.54) is 0 Å². The van der Waals surface area contributed by atoms with Crippen LogP contribution in [0.1, 0.15) is 17.8 Å². The Morgan fingerprint density at radius 3 is 2.62 bits per heavy atom. The van der Waals surface area contributed by atoms with E-state index in [4.69, 9.17) is 5.73 Å². The summed E-state index contributed by atoms with van der Waals surface area (Å²) in [7, 11) is 0. The molecule has 2 N–H and O–H groups in total. The zero-order chi connectivity index (χ0) is 10.0. The molecule has 13 heavy (non-hydrogen) atoms. The number of nitrogens with two attached hydrogens (primary N) is 1. The molecule has 1 aromatic rings. The van der Waals surface area contributed by atoms with E-state index < -0.39 is 17.9 Å². The Balaban J connectivity index is 3.22. The largest absolute Gasteiger partial charge is 0.325 e. The lowest BCUT2D eigenvalue weighted by molar-refractivity contribution is 0.145. The molecular weight excluding hydrogens is 249 g/mol. The lowest BCUT2D eigenvalue weighted by Gasteiger charge is -2.04. The fraction of sp³-hybridized carbons (Fsp3) is 0.286. The molecule has 0 aliphatic carbocycles. The Bertz CT molecular complexity index is 317. The predicted molar refractivity (Wildman–Crippen MR) is 44.7 cm³/mol. The summed E-state index contributed by atoms with van der Waals surface area (Å²) in [6.45, 7) is -0.203. The van der Waals surface area contributed by atoms with Crippen LogP contribution in [0.25, 0.3) is 0 Å². The zero-order valence-electron chi connectivity index (χ0n) is 6.40. The van der Waals surface area contributed by atoms with Crippen molar-refractivity contribution in [3.8, 4) is 0 Å². The molecule has 0 aliphatic heterocycles. The molecule has 72 valence electrons. The highest BCUT2D eigenvalue weighted by Gasteiger charge is 2.15. The molecule has 0 aromatic carbocycles. The highest BCUT2D eigenvalue weighted by atomic mass is 79.9. The van der Waals surface area contributed by atoms with Crippen molar-refractivity contribution >= 4 is 15.9 Å². The highest BCUT2D eigenvalue weighted by Crippen LogP contribution is 2.24. The minimum atomic E-state index is -2.72. The number of alkyl halides is 2. The van der Waals surface area contributed by atoms with Crippen molar-refractivity contribution in [2.24, 2.45) is 5.73 Å². The lowest BCUT2D eigenvalue weighted by atomic mass is 10.3. The van der Waals surface area contributed by atoms with E-state index in [2.05, 4.69) is 20.9 Å². The fourth-order valence-corrected chi connectivity index (χ4v) is 1.28. The van der Waals surface area contributed by atoms with Crippen molar-refractivity contribution in [3.63, 3.8) is 0 Å². The van der Waals surface area contributed by atoms with Crippen LogP contribution in [0.5, 0.6) is 0 Å². The van der Waals surface area contributed by atoms with E-state index in [0.29, 0.717) is 0 Å². The molecule has 0 aliphatic rings. The number of hydrogen-bond donors (Lipinski definition) is 1. The molecule has 0 saturated carbocycles. The molecule has 0 unspecified atom stereocenters. The quantitative estimate of drug-likeness (QED) is 0.881. The third-order valence-electron chi connectivity index (χ3n) is 1.42. The van der Waals surface area contributed by atoms with E-state index in [9.17, 15) is 13.2 Å². The van der Waals surface area contributed by atoms with Gasteiger partial charge in [0.05, 0.1) is 10.2 Å². The van der Waals surface area contributed by atoms with Gasteiger partial charge in [-0.25, -0.2) is 18.2 Å². The number of aromatic nitrogens is 1. The van der Waals surface area contributed by atoms with Gasteiger partial charge < -0.3 is 5.73 Å². The molecule has 1 heterocycles. The van der Waals surface area contributed by atoms with Crippen LogP contribution in [0.4, 0.5) is 13.2 Å². The minimum absolute atomic E-state index is 0.0433. The Morgan fingerprint density at radius 2 is 2.15 bits per heavy atom. The number of halogens is 4. The molecule has 1 aromatic heterocycles. The third-order valence-corrected chi connectivity index (χ3v) is 2.00. The topological polar surface area (TPSA) is 38.9 Å². The van der Waals surface area contributed by atoms with Gasteiger partial charge in [-0.2, -0.15) is 0 Å². The SMILES string of the molecule is NCc1nc(C(F)F)cc(Br)c1F. The second-order valence-corrected chi connectivity index (χ2v) is 3.15. The van der Waals surface area contributed by atoms with Crippen molar-refractivity contribution in [2.45, 2.75) is 13.0 Å². The first-order valence-corrected chi connectivity index (χ1v) is 4.18. The van der Waals surface area contributed by atoms with Gasteiger partial charge in [-0.05, 0) is 22.0 Å². The molecule has 0 amide bonds. The first kappa shape index (κ1) is 10.5. The van der Waals surface area contributed by atoms with Gasteiger partial charge in [0, 0.05) is 6.54 Å². The van der Waals surface area contributed by atoms with Gasteiger partial charge >= 0.3 is 0 Å². The third kappa shape index (κ3) is 2.19. The summed E-state index contributed by atoms with van der Waals surface area (Å²) in [5, 5.41) is 0. The van der Waals surface area contributed by atoms with Crippen molar-refractivity contribution in [1.29, 1.82) is 0 Å². The maximum absolute atomic E-state index is 13.0. The maximum Gasteiger partial charge on any atom is 0.280 e. The van der Waals surface area contributed by atoms with E-state index >= 15 is 0 Å². The summed E-state index contributed by atoms with van der Waals surface area (Å²) >= 11 is 2.80. The molecule has 6 heteroatoms. The highest BCUT2D eigenvalue weighted by molar-refractivity contribution is 9.10. The minimum Gasteiger partial charge on any atom is -0.325 e. The van der Waals surface area contributed by atoms with E-state index in [0.717, 1.165) is 6.07 Å². The summed E-state index contributed by atoms with van der Waals surface area (Å²) in [5.74, 6) is -0.688. The van der Waals surface area contributed by atoms with Gasteiger partial charge in [0.15, 0.2) is 5.82 Å². The van der Waals surface area contributed by atoms with Gasteiger partial charge in [-0.15, -0.1) is 0 Å². The summed E-state index contributed by atoms with van der Waals surface area (Å²) in [6, 6.07) is 0.944. The summed E-state index contributed by atoms with van der Waals surface area (Å²) in [5.41, 5.74) is 4.48. The van der Waals surface area contributed by atoms with Gasteiger partial charge in [-0.1, -0.05) is 0 Å². The number of rotatable bonds is 2. The molecule has 0 spiro atoms. The standard InChI is InChI=1S/C7H6BrF3N2/c8-3-1-4(7(10)11)13-5(2-12)6(3)9/h1,7H,2,12H2. The average Bonchev–Trinajstić information content (AvgIpc) is 2.09. The van der Waals surface area contributed by atoms with E-state index in [-0.39, 0.29) is 16.7 Å². The molecule has 0 atom stereocenters. The molecule has 0 saturated heterocycles. The van der Waals surface area contributed by atoms with Gasteiger partial charge in [0.1, 0.15) is 5.69 Å². The monoisotopic (exact) mass is 254 g/mol. The van der Waals surface area contributed by atoms with Crippen LogP contribution in [-0.4, -0.2) is 4.98 Å². The molecule has 0 bridgehead atoms. The van der Waals surface area contributed by atoms with Gasteiger partial charge in [0.25, 0.3) is 6.43 Å². The number of hydrogen-bond acceptors (Lipinski definition) is 2. The van der Waals surface area contributed by atoms with Crippen LogP contribution < -0.4 is 5.73 Å². The van der Waals surface area contributed by atoms with Gasteiger partial charge in [-0.3, -0.25) is 0 Å². The number of nitrogens with zero attached hydrogens (tertiary/aromatic N) is 1. The normalized spacial score (nSPS) is 10.9. The zero-order valence-corrected chi connectivity index (χ0v) is 7.98. The summed E-state index contributed by atoms with van der Waals surface area (Å²) in [6.07, 6.45) is -2.72. The van der Waals surface area contributed by atoms with E-state index in [1.807, 2.05) is 0 Å². The van der Waals surface area contributed by atoms with Crippen LogP contribution in [-0.2, 0) is 6.54 Å². The fourth-order valence-electron chi connectivity index (χ4n) is 0.815. The van der Waals surface area contributed by atoms with Crippen molar-refractivity contribution in [2.75, 3.05) is 0 Å². The Hall–Kier alpha value is -0.620. The summed E-state index contributed by atoms with van der Waals surface area (Å²) in [4.78, 5) is 3.37. The first-order chi connectivity index (χ1) is 6.06. The first-order valence-electron chi connectivity index (χ1n) is 3.39. The molecule has 2 nitrogen and oxygen atoms in total. The Labute approximate surface area is 81.1 Å². The van der Waals surface area contributed by atoms with Gasteiger partial charge in [0.2, 0.25) is 0 Å². The Kier molecular flexibility index (Phi) is 3.27. The lowest BCUT2D eigenvalue weighted by Crippen LogP contribution is -2.06. The second kappa shape index (κ2) is 4.06. The number of pyridine rings is 1.